The molecular formula is C22H29NOS. The molecule has 4 rings (SSSR count). The average molecular weight is 356 g/mol. The highest BCUT2D eigenvalue weighted by Crippen LogP contribution is 2.47. The van der Waals surface area contributed by atoms with Crippen LogP contribution >= 0.6 is 11.3 Å². The molecule has 3 heteroatoms. The first kappa shape index (κ1) is 17.1. The molecule has 2 aromatic rings. The molecule has 0 amide bonds. The molecule has 2 saturated carbocycles. The van der Waals surface area contributed by atoms with Crippen molar-refractivity contribution in [3.63, 3.8) is 0 Å². The largest absolute Gasteiger partial charge is 0.508 e. The monoisotopic (exact) mass is 355 g/mol. The molecule has 2 N–H and O–H groups in total. The van der Waals surface area contributed by atoms with E-state index in [1.165, 1.54) is 37.0 Å². The Labute approximate surface area is 155 Å². The summed E-state index contributed by atoms with van der Waals surface area (Å²) >= 11 is 1.71. The molecule has 1 aromatic carbocycles. The lowest BCUT2D eigenvalue weighted by molar-refractivity contribution is 0.0541. The predicted octanol–water partition coefficient (Wildman–Crippen LogP) is 5.82. The number of nitrogens with one attached hydrogen (secondary N) is 1. The summed E-state index contributed by atoms with van der Waals surface area (Å²) in [7, 11) is 0. The summed E-state index contributed by atoms with van der Waals surface area (Å²) in [5, 5.41) is 16.5. The Morgan fingerprint density at radius 1 is 1.12 bits per heavy atom. The van der Waals surface area contributed by atoms with Crippen molar-refractivity contribution in [2.45, 2.75) is 58.0 Å². The van der Waals surface area contributed by atoms with Gasteiger partial charge in [0.1, 0.15) is 5.75 Å². The molecule has 0 spiro atoms. The molecule has 0 saturated heterocycles. The molecule has 2 bridgehead atoms. The first-order valence-corrected chi connectivity index (χ1v) is 10.5. The molecule has 2 fully saturated rings. The van der Waals surface area contributed by atoms with Crippen LogP contribution in [0.3, 0.4) is 0 Å². The van der Waals surface area contributed by atoms with E-state index in [4.69, 9.17) is 0 Å². The smallest absolute Gasteiger partial charge is 0.120 e. The van der Waals surface area contributed by atoms with E-state index in [9.17, 15) is 5.11 Å². The summed E-state index contributed by atoms with van der Waals surface area (Å²) < 4.78 is 0. The predicted molar refractivity (Wildman–Crippen MR) is 106 cm³/mol. The maximum absolute atomic E-state index is 10.5. The first-order valence-electron chi connectivity index (χ1n) is 9.64. The van der Waals surface area contributed by atoms with E-state index >= 15 is 0 Å². The Morgan fingerprint density at radius 3 is 2.52 bits per heavy atom. The fourth-order valence-corrected chi connectivity index (χ4v) is 6.24. The van der Waals surface area contributed by atoms with Gasteiger partial charge in [-0.05, 0) is 72.9 Å². The molecular weight excluding hydrogens is 326 g/mol. The van der Waals surface area contributed by atoms with Gasteiger partial charge in [0, 0.05) is 22.5 Å². The van der Waals surface area contributed by atoms with E-state index in [0.717, 1.165) is 35.4 Å². The van der Waals surface area contributed by atoms with Crippen molar-refractivity contribution < 1.29 is 5.11 Å². The standard InChI is InChI=1S/C22H29NOS/c1-15-8-17-9-16(2)12-22(11-15,13-17)23-14-19-6-5-18(10-20(19)24)21-4-3-7-25-21/h3-7,10,15-17,23-24H,8-9,11-14H2,1-2H3. The molecule has 134 valence electrons. The van der Waals surface area contributed by atoms with Gasteiger partial charge < -0.3 is 10.4 Å². The highest BCUT2D eigenvalue weighted by Gasteiger charge is 2.43. The lowest BCUT2D eigenvalue weighted by Gasteiger charge is -2.50. The van der Waals surface area contributed by atoms with Crippen LogP contribution in [-0.4, -0.2) is 10.6 Å². The molecule has 0 radical (unpaired) electrons. The third kappa shape index (κ3) is 3.63. The number of phenols is 1. The van der Waals surface area contributed by atoms with Crippen molar-refractivity contribution in [1.82, 2.24) is 5.32 Å². The average Bonchev–Trinajstić information content (AvgIpc) is 3.06. The quantitative estimate of drug-likeness (QED) is 0.725. The van der Waals surface area contributed by atoms with E-state index < -0.39 is 0 Å². The lowest BCUT2D eigenvalue weighted by atomic mass is 9.61. The van der Waals surface area contributed by atoms with Gasteiger partial charge in [0.15, 0.2) is 0 Å². The number of hydrogen-bond donors (Lipinski definition) is 2. The lowest BCUT2D eigenvalue weighted by Crippen LogP contribution is -2.54. The molecule has 2 aliphatic carbocycles. The minimum absolute atomic E-state index is 0.277. The van der Waals surface area contributed by atoms with Crippen molar-refractivity contribution in [3.05, 3.63) is 41.3 Å². The SMILES string of the molecule is CC1CC2CC(C)CC(NCc3ccc(-c4cccs4)cc3O)(C1)C2. The Kier molecular flexibility index (Phi) is 4.63. The summed E-state index contributed by atoms with van der Waals surface area (Å²) in [6, 6.07) is 10.3. The molecule has 0 aliphatic heterocycles. The third-order valence-corrected chi connectivity index (χ3v) is 7.09. The summed E-state index contributed by atoms with van der Waals surface area (Å²) in [4.78, 5) is 1.21. The topological polar surface area (TPSA) is 32.3 Å². The van der Waals surface area contributed by atoms with Crippen molar-refractivity contribution in [1.29, 1.82) is 0 Å². The molecule has 2 nitrogen and oxygen atoms in total. The van der Waals surface area contributed by atoms with Gasteiger partial charge in [0.05, 0.1) is 0 Å². The van der Waals surface area contributed by atoms with Crippen LogP contribution < -0.4 is 5.32 Å². The van der Waals surface area contributed by atoms with Gasteiger partial charge in [-0.2, -0.15) is 0 Å². The fraction of sp³-hybridized carbons (Fsp3) is 0.545. The maximum Gasteiger partial charge on any atom is 0.120 e. The molecule has 2 aliphatic rings. The zero-order chi connectivity index (χ0) is 17.4. The Morgan fingerprint density at radius 2 is 1.88 bits per heavy atom. The Hall–Kier alpha value is -1.32. The van der Waals surface area contributed by atoms with Gasteiger partial charge in [-0.25, -0.2) is 0 Å². The van der Waals surface area contributed by atoms with Crippen LogP contribution in [0.2, 0.25) is 0 Å². The van der Waals surface area contributed by atoms with Gasteiger partial charge in [0.25, 0.3) is 0 Å². The van der Waals surface area contributed by atoms with Crippen molar-refractivity contribution >= 4 is 11.3 Å². The number of phenolic OH excluding ortho intramolecular Hbond substituents is 1. The van der Waals surface area contributed by atoms with Gasteiger partial charge in [-0.1, -0.05) is 32.0 Å². The van der Waals surface area contributed by atoms with Crippen LogP contribution in [0, 0.1) is 17.8 Å². The zero-order valence-corrected chi connectivity index (χ0v) is 16.1. The van der Waals surface area contributed by atoms with Crippen molar-refractivity contribution in [3.8, 4) is 16.2 Å². The van der Waals surface area contributed by atoms with Crippen LogP contribution in [0.4, 0.5) is 0 Å². The molecule has 25 heavy (non-hydrogen) atoms. The van der Waals surface area contributed by atoms with Crippen LogP contribution in [0.5, 0.6) is 5.75 Å². The van der Waals surface area contributed by atoms with Gasteiger partial charge in [-0.15, -0.1) is 11.3 Å². The van der Waals surface area contributed by atoms with Crippen LogP contribution in [0.15, 0.2) is 35.7 Å². The maximum atomic E-state index is 10.5. The molecule has 1 aromatic heterocycles. The summed E-state index contributed by atoms with van der Waals surface area (Å²) in [5.41, 5.74) is 2.40. The van der Waals surface area contributed by atoms with Crippen molar-refractivity contribution in [2.75, 3.05) is 0 Å². The van der Waals surface area contributed by atoms with Gasteiger partial charge >= 0.3 is 0 Å². The zero-order valence-electron chi connectivity index (χ0n) is 15.3. The van der Waals surface area contributed by atoms with E-state index in [1.807, 2.05) is 6.07 Å². The van der Waals surface area contributed by atoms with E-state index in [1.54, 1.807) is 11.3 Å². The third-order valence-electron chi connectivity index (χ3n) is 6.17. The van der Waals surface area contributed by atoms with Crippen LogP contribution in [0.1, 0.15) is 51.5 Å². The van der Waals surface area contributed by atoms with Gasteiger partial charge in [0.2, 0.25) is 0 Å². The minimum atomic E-state index is 0.277. The second-order valence-corrected chi connectivity index (χ2v) is 9.56. The normalized spacial score (nSPS) is 31.8. The fourth-order valence-electron chi connectivity index (χ4n) is 5.51. The first-order chi connectivity index (χ1) is 12.0. The second-order valence-electron chi connectivity index (χ2n) is 8.61. The summed E-state index contributed by atoms with van der Waals surface area (Å²) in [5.74, 6) is 2.93. The number of aromatic hydroxyl groups is 1. The highest BCUT2D eigenvalue weighted by molar-refractivity contribution is 7.13. The highest BCUT2D eigenvalue weighted by atomic mass is 32.1. The Bertz CT molecular complexity index is 704. The van der Waals surface area contributed by atoms with Crippen molar-refractivity contribution in [2.24, 2.45) is 17.8 Å². The number of rotatable bonds is 4. The van der Waals surface area contributed by atoms with E-state index in [2.05, 4.69) is 48.8 Å². The number of hydrogen-bond acceptors (Lipinski definition) is 3. The Balaban J connectivity index is 1.49. The van der Waals surface area contributed by atoms with Crippen LogP contribution in [0.25, 0.3) is 10.4 Å². The number of fused-ring (bicyclic) bond motifs is 2. The number of benzene rings is 1. The second kappa shape index (κ2) is 6.77. The van der Waals surface area contributed by atoms with Crippen LogP contribution in [-0.2, 0) is 6.54 Å². The molecule has 2 unspecified atom stereocenters. The molecule has 2 atom stereocenters. The molecule has 1 heterocycles. The number of thiophene rings is 1. The summed E-state index contributed by atoms with van der Waals surface area (Å²) in [6.45, 7) is 5.58. The van der Waals surface area contributed by atoms with E-state index in [0.29, 0.717) is 5.75 Å². The minimum Gasteiger partial charge on any atom is -0.508 e. The van der Waals surface area contributed by atoms with Gasteiger partial charge in [-0.3, -0.25) is 0 Å². The summed E-state index contributed by atoms with van der Waals surface area (Å²) in [6.07, 6.45) is 6.67. The van der Waals surface area contributed by atoms with E-state index in [-0.39, 0.29) is 5.54 Å².